The van der Waals surface area contributed by atoms with Crippen molar-refractivity contribution in [3.63, 3.8) is 0 Å². The second-order valence-electron chi connectivity index (χ2n) is 5.87. The molecule has 0 bridgehead atoms. The van der Waals surface area contributed by atoms with Gasteiger partial charge in [-0.1, -0.05) is 20.8 Å². The Morgan fingerprint density at radius 1 is 1.53 bits per heavy atom. The van der Waals surface area contributed by atoms with Crippen LogP contribution in [0.15, 0.2) is 0 Å². The van der Waals surface area contributed by atoms with Gasteiger partial charge in [0.1, 0.15) is 0 Å². The lowest BCUT2D eigenvalue weighted by Gasteiger charge is -2.58. The Bertz CT molecular complexity index is 303. The summed E-state index contributed by atoms with van der Waals surface area (Å²) in [5.41, 5.74) is 0.0891. The zero-order valence-electron chi connectivity index (χ0n) is 11.0. The van der Waals surface area contributed by atoms with Crippen molar-refractivity contribution in [2.45, 2.75) is 45.8 Å². The van der Waals surface area contributed by atoms with Crippen LogP contribution < -0.4 is 0 Å². The van der Waals surface area contributed by atoms with E-state index in [2.05, 4.69) is 25.7 Å². The summed E-state index contributed by atoms with van der Waals surface area (Å²) in [7, 11) is 0. The van der Waals surface area contributed by atoms with Gasteiger partial charge < -0.3 is 9.84 Å². The number of rotatable bonds is 5. The first-order chi connectivity index (χ1) is 7.98. The third-order valence-electron chi connectivity index (χ3n) is 4.28. The molecule has 0 spiro atoms. The summed E-state index contributed by atoms with van der Waals surface area (Å²) in [4.78, 5) is 13.1. The molecule has 0 aromatic heterocycles. The number of hydrogen-bond donors (Lipinski definition) is 1. The summed E-state index contributed by atoms with van der Waals surface area (Å²) in [5, 5.41) is 9.02. The predicted octanol–water partition coefficient (Wildman–Crippen LogP) is 1.60. The Balaban J connectivity index is 2.10. The second kappa shape index (κ2) is 4.58. The fourth-order valence-electron chi connectivity index (χ4n) is 3.82. The summed E-state index contributed by atoms with van der Waals surface area (Å²) in [6.45, 7) is 8.36. The van der Waals surface area contributed by atoms with Crippen LogP contribution in [0.4, 0.5) is 0 Å². The molecule has 4 heteroatoms. The molecule has 0 aromatic rings. The van der Waals surface area contributed by atoms with Gasteiger partial charge in [-0.3, -0.25) is 9.69 Å². The molecule has 2 rings (SSSR count). The van der Waals surface area contributed by atoms with Crippen LogP contribution in [-0.4, -0.2) is 47.8 Å². The van der Waals surface area contributed by atoms with Gasteiger partial charge in [0.2, 0.25) is 0 Å². The molecule has 1 aliphatic heterocycles. The lowest BCUT2D eigenvalue weighted by Crippen LogP contribution is -2.67. The maximum atomic E-state index is 11.0. The molecule has 2 aliphatic rings. The minimum atomic E-state index is -0.725. The Hall–Kier alpha value is -0.610. The van der Waals surface area contributed by atoms with E-state index < -0.39 is 5.97 Å². The van der Waals surface area contributed by atoms with Crippen molar-refractivity contribution in [1.29, 1.82) is 0 Å². The summed E-state index contributed by atoms with van der Waals surface area (Å²) >= 11 is 0. The van der Waals surface area contributed by atoms with Crippen LogP contribution >= 0.6 is 0 Å². The van der Waals surface area contributed by atoms with Gasteiger partial charge in [0, 0.05) is 24.0 Å². The lowest BCUT2D eigenvalue weighted by molar-refractivity contribution is -0.164. The highest BCUT2D eigenvalue weighted by Gasteiger charge is 2.61. The summed E-state index contributed by atoms with van der Waals surface area (Å²) in [6.07, 6.45) is 2.41. The SMILES string of the molecule is CCCN(CC(=O)O)C1C2CCOC2C1(C)C. The Morgan fingerprint density at radius 2 is 2.24 bits per heavy atom. The maximum Gasteiger partial charge on any atom is 0.317 e. The molecule has 1 N–H and O–H groups in total. The molecule has 0 amide bonds. The van der Waals surface area contributed by atoms with Crippen molar-refractivity contribution in [2.75, 3.05) is 19.7 Å². The van der Waals surface area contributed by atoms with Crippen LogP contribution in [0.25, 0.3) is 0 Å². The molecule has 1 saturated heterocycles. The molecule has 1 aliphatic carbocycles. The van der Waals surface area contributed by atoms with E-state index in [-0.39, 0.29) is 12.0 Å². The lowest BCUT2D eigenvalue weighted by atomic mass is 9.56. The van der Waals surface area contributed by atoms with Crippen LogP contribution in [-0.2, 0) is 9.53 Å². The van der Waals surface area contributed by atoms with Crippen molar-refractivity contribution in [2.24, 2.45) is 11.3 Å². The van der Waals surface area contributed by atoms with Gasteiger partial charge in [-0.25, -0.2) is 0 Å². The number of ether oxygens (including phenoxy) is 1. The van der Waals surface area contributed by atoms with Gasteiger partial charge in [0.25, 0.3) is 0 Å². The topological polar surface area (TPSA) is 49.8 Å². The van der Waals surface area contributed by atoms with E-state index in [1.54, 1.807) is 0 Å². The second-order valence-corrected chi connectivity index (χ2v) is 5.87. The molecular weight excluding hydrogens is 218 g/mol. The first-order valence-electron chi connectivity index (χ1n) is 6.56. The van der Waals surface area contributed by atoms with E-state index in [0.717, 1.165) is 26.0 Å². The molecule has 0 aromatic carbocycles. The molecular formula is C13H23NO3. The molecule has 1 saturated carbocycles. The quantitative estimate of drug-likeness (QED) is 0.794. The van der Waals surface area contributed by atoms with Crippen molar-refractivity contribution in [3.05, 3.63) is 0 Å². The van der Waals surface area contributed by atoms with E-state index in [1.165, 1.54) is 0 Å². The molecule has 3 atom stereocenters. The minimum Gasteiger partial charge on any atom is -0.480 e. The van der Waals surface area contributed by atoms with E-state index in [9.17, 15) is 4.79 Å². The highest BCUT2D eigenvalue weighted by molar-refractivity contribution is 5.69. The van der Waals surface area contributed by atoms with Gasteiger partial charge in [0.05, 0.1) is 12.6 Å². The molecule has 1 heterocycles. The van der Waals surface area contributed by atoms with Crippen molar-refractivity contribution >= 4 is 5.97 Å². The average Bonchev–Trinajstić information content (AvgIpc) is 2.63. The third-order valence-corrected chi connectivity index (χ3v) is 4.28. The maximum absolute atomic E-state index is 11.0. The highest BCUT2D eigenvalue weighted by atomic mass is 16.5. The minimum absolute atomic E-state index is 0.0891. The number of hydrogen-bond acceptors (Lipinski definition) is 3. The number of carboxylic acid groups (broad SMARTS) is 1. The molecule has 0 radical (unpaired) electrons. The summed E-state index contributed by atoms with van der Waals surface area (Å²) < 4.78 is 5.76. The first-order valence-corrected chi connectivity index (χ1v) is 6.56. The standard InChI is InChI=1S/C13H23NO3/c1-4-6-14(8-10(15)16)11-9-5-7-17-12(9)13(11,2)3/h9,11-12H,4-8H2,1-3H3,(H,15,16). The van der Waals surface area contributed by atoms with Crippen LogP contribution in [0.5, 0.6) is 0 Å². The first kappa shape index (κ1) is 12.8. The largest absolute Gasteiger partial charge is 0.480 e. The van der Waals surface area contributed by atoms with Gasteiger partial charge >= 0.3 is 5.97 Å². The fraction of sp³-hybridized carbons (Fsp3) is 0.923. The van der Waals surface area contributed by atoms with E-state index >= 15 is 0 Å². The zero-order chi connectivity index (χ0) is 12.6. The molecule has 4 nitrogen and oxygen atoms in total. The van der Waals surface area contributed by atoms with Gasteiger partial charge in [-0.15, -0.1) is 0 Å². The molecule has 17 heavy (non-hydrogen) atoms. The normalized spacial score (nSPS) is 34.5. The van der Waals surface area contributed by atoms with Gasteiger partial charge in [-0.2, -0.15) is 0 Å². The van der Waals surface area contributed by atoms with Gasteiger partial charge in [-0.05, 0) is 19.4 Å². The molecule has 98 valence electrons. The fourth-order valence-corrected chi connectivity index (χ4v) is 3.82. The van der Waals surface area contributed by atoms with Crippen molar-refractivity contribution in [3.8, 4) is 0 Å². The van der Waals surface area contributed by atoms with E-state index in [1.807, 2.05) is 0 Å². The Labute approximate surface area is 103 Å². The third kappa shape index (κ3) is 2.08. The molecule has 3 unspecified atom stereocenters. The predicted molar refractivity (Wildman–Crippen MR) is 64.9 cm³/mol. The van der Waals surface area contributed by atoms with Crippen molar-refractivity contribution < 1.29 is 14.6 Å². The zero-order valence-corrected chi connectivity index (χ0v) is 11.0. The number of nitrogens with zero attached hydrogens (tertiary/aromatic N) is 1. The summed E-state index contributed by atoms with van der Waals surface area (Å²) in [5.74, 6) is -0.187. The Kier molecular flexibility index (Phi) is 3.46. The van der Waals surface area contributed by atoms with Gasteiger partial charge in [0.15, 0.2) is 0 Å². The van der Waals surface area contributed by atoms with Crippen LogP contribution in [0.2, 0.25) is 0 Å². The van der Waals surface area contributed by atoms with Crippen LogP contribution in [0.3, 0.4) is 0 Å². The smallest absolute Gasteiger partial charge is 0.317 e. The van der Waals surface area contributed by atoms with E-state index in [0.29, 0.717) is 18.1 Å². The summed E-state index contributed by atoms with van der Waals surface area (Å²) in [6, 6.07) is 0.367. The number of fused-ring (bicyclic) bond motifs is 1. The van der Waals surface area contributed by atoms with Crippen LogP contribution in [0, 0.1) is 11.3 Å². The number of aliphatic carboxylic acids is 1. The number of carboxylic acids is 1. The Morgan fingerprint density at radius 3 is 2.82 bits per heavy atom. The van der Waals surface area contributed by atoms with E-state index in [4.69, 9.17) is 9.84 Å². The van der Waals surface area contributed by atoms with Crippen LogP contribution in [0.1, 0.15) is 33.6 Å². The molecule has 2 fully saturated rings. The average molecular weight is 241 g/mol. The monoisotopic (exact) mass is 241 g/mol. The van der Waals surface area contributed by atoms with Crippen molar-refractivity contribution in [1.82, 2.24) is 4.90 Å². The highest BCUT2D eigenvalue weighted by Crippen LogP contribution is 2.54. The number of carbonyl (C=O) groups is 1.